The third-order valence-corrected chi connectivity index (χ3v) is 2.74. The first-order valence-electron chi connectivity index (χ1n) is 5.89. The number of hydrogen-bond acceptors (Lipinski definition) is 5. The minimum Gasteiger partial charge on any atom is -0.478 e. The SMILES string of the molecule is O=C(NCCc1ncon1)Nc1cc(Cl)ccc1C(=O)O. The molecule has 0 spiro atoms. The molecule has 0 saturated heterocycles. The molecule has 2 amide bonds. The Labute approximate surface area is 124 Å². The van der Waals surface area contributed by atoms with Gasteiger partial charge in [-0.2, -0.15) is 4.98 Å². The standard InChI is InChI=1S/C12H11ClN4O4/c13-7-1-2-8(11(18)19)9(5-7)16-12(20)14-4-3-10-15-6-21-17-10/h1-2,5-6H,3-4H2,(H,18,19)(H2,14,16,20). The number of carboxylic acids is 1. The Kier molecular flexibility index (Phi) is 4.72. The van der Waals surface area contributed by atoms with Crippen molar-refractivity contribution in [3.63, 3.8) is 0 Å². The molecule has 0 fully saturated rings. The molecule has 0 unspecified atom stereocenters. The van der Waals surface area contributed by atoms with Crippen LogP contribution in [-0.4, -0.2) is 33.8 Å². The zero-order chi connectivity index (χ0) is 15.2. The monoisotopic (exact) mass is 310 g/mol. The van der Waals surface area contributed by atoms with E-state index in [2.05, 4.69) is 25.3 Å². The van der Waals surface area contributed by atoms with E-state index in [1.807, 2.05) is 0 Å². The van der Waals surface area contributed by atoms with Crippen molar-refractivity contribution >= 4 is 29.3 Å². The van der Waals surface area contributed by atoms with Crippen LogP contribution in [0.3, 0.4) is 0 Å². The summed E-state index contributed by atoms with van der Waals surface area (Å²) in [5, 5.41) is 17.9. The van der Waals surface area contributed by atoms with Crippen molar-refractivity contribution in [2.24, 2.45) is 0 Å². The van der Waals surface area contributed by atoms with Crippen LogP contribution in [0.5, 0.6) is 0 Å². The van der Waals surface area contributed by atoms with E-state index in [4.69, 9.17) is 16.7 Å². The van der Waals surface area contributed by atoms with Gasteiger partial charge in [-0.3, -0.25) is 0 Å². The van der Waals surface area contributed by atoms with E-state index >= 15 is 0 Å². The van der Waals surface area contributed by atoms with Crippen LogP contribution >= 0.6 is 11.6 Å². The maximum Gasteiger partial charge on any atom is 0.337 e. The summed E-state index contributed by atoms with van der Waals surface area (Å²) in [7, 11) is 0. The van der Waals surface area contributed by atoms with Crippen molar-refractivity contribution in [3.8, 4) is 0 Å². The molecule has 21 heavy (non-hydrogen) atoms. The second kappa shape index (κ2) is 6.71. The van der Waals surface area contributed by atoms with Crippen molar-refractivity contribution in [2.45, 2.75) is 6.42 Å². The molecule has 0 saturated carbocycles. The molecule has 0 aliphatic rings. The highest BCUT2D eigenvalue weighted by Gasteiger charge is 2.12. The molecule has 9 heteroatoms. The fourth-order valence-corrected chi connectivity index (χ4v) is 1.74. The quantitative estimate of drug-likeness (QED) is 0.775. The van der Waals surface area contributed by atoms with Gasteiger partial charge in [0.1, 0.15) is 0 Å². The average molecular weight is 311 g/mol. The maximum absolute atomic E-state index is 11.7. The van der Waals surface area contributed by atoms with Gasteiger partial charge in [-0.1, -0.05) is 16.8 Å². The van der Waals surface area contributed by atoms with E-state index in [-0.39, 0.29) is 17.8 Å². The molecular weight excluding hydrogens is 300 g/mol. The van der Waals surface area contributed by atoms with Crippen LogP contribution in [0, 0.1) is 0 Å². The summed E-state index contributed by atoms with van der Waals surface area (Å²) in [5.74, 6) is -0.696. The number of hydrogen-bond donors (Lipinski definition) is 3. The molecule has 1 heterocycles. The number of halogens is 1. The van der Waals surface area contributed by atoms with Crippen LogP contribution in [-0.2, 0) is 6.42 Å². The summed E-state index contributed by atoms with van der Waals surface area (Å²) in [6.45, 7) is 0.272. The summed E-state index contributed by atoms with van der Waals surface area (Å²) < 4.78 is 4.55. The zero-order valence-electron chi connectivity index (χ0n) is 10.7. The molecule has 0 atom stereocenters. The van der Waals surface area contributed by atoms with Gasteiger partial charge in [-0.15, -0.1) is 0 Å². The minimum atomic E-state index is -1.16. The number of nitrogens with one attached hydrogen (secondary N) is 2. The Morgan fingerprint density at radius 2 is 2.19 bits per heavy atom. The number of aromatic carboxylic acids is 1. The lowest BCUT2D eigenvalue weighted by molar-refractivity contribution is 0.0698. The van der Waals surface area contributed by atoms with Crippen LogP contribution in [0.25, 0.3) is 0 Å². The van der Waals surface area contributed by atoms with Gasteiger partial charge in [-0.05, 0) is 18.2 Å². The zero-order valence-corrected chi connectivity index (χ0v) is 11.4. The van der Waals surface area contributed by atoms with E-state index < -0.39 is 12.0 Å². The highest BCUT2D eigenvalue weighted by Crippen LogP contribution is 2.21. The van der Waals surface area contributed by atoms with E-state index in [1.165, 1.54) is 24.6 Å². The molecule has 0 radical (unpaired) electrons. The lowest BCUT2D eigenvalue weighted by Crippen LogP contribution is -2.31. The number of amides is 2. The minimum absolute atomic E-state index is 0.0484. The summed E-state index contributed by atoms with van der Waals surface area (Å²) >= 11 is 5.79. The summed E-state index contributed by atoms with van der Waals surface area (Å²) in [5.41, 5.74) is 0.0692. The predicted octanol–water partition coefficient (Wildman–Crippen LogP) is 1.79. The first kappa shape index (κ1) is 14.8. The van der Waals surface area contributed by atoms with Gasteiger partial charge in [0.15, 0.2) is 5.82 Å². The van der Waals surface area contributed by atoms with Gasteiger partial charge in [0.2, 0.25) is 6.39 Å². The predicted molar refractivity (Wildman–Crippen MR) is 73.4 cm³/mol. The summed E-state index contributed by atoms with van der Waals surface area (Å²) in [4.78, 5) is 26.5. The summed E-state index contributed by atoms with van der Waals surface area (Å²) in [6, 6.07) is 3.57. The molecule has 3 N–H and O–H groups in total. The number of carbonyl (C=O) groups excluding carboxylic acids is 1. The van der Waals surface area contributed by atoms with Gasteiger partial charge in [-0.25, -0.2) is 9.59 Å². The lowest BCUT2D eigenvalue weighted by Gasteiger charge is -2.09. The smallest absolute Gasteiger partial charge is 0.337 e. The fraction of sp³-hybridized carbons (Fsp3) is 0.167. The molecule has 1 aromatic heterocycles. The summed E-state index contributed by atoms with van der Waals surface area (Å²) in [6.07, 6.45) is 1.59. The number of nitrogens with zero attached hydrogens (tertiary/aromatic N) is 2. The largest absolute Gasteiger partial charge is 0.478 e. The Morgan fingerprint density at radius 3 is 2.86 bits per heavy atom. The van der Waals surface area contributed by atoms with Gasteiger partial charge in [0.25, 0.3) is 0 Å². The molecule has 0 aliphatic carbocycles. The second-order valence-corrected chi connectivity index (χ2v) is 4.41. The number of anilines is 1. The third kappa shape index (κ3) is 4.18. The number of rotatable bonds is 5. The molecule has 0 aliphatic heterocycles. The van der Waals surface area contributed by atoms with E-state index in [0.29, 0.717) is 17.3 Å². The van der Waals surface area contributed by atoms with Crippen LogP contribution in [0.4, 0.5) is 10.5 Å². The topological polar surface area (TPSA) is 117 Å². The van der Waals surface area contributed by atoms with Crippen molar-refractivity contribution in [3.05, 3.63) is 41.0 Å². The Bertz CT molecular complexity index is 645. The molecule has 1 aromatic carbocycles. The molecule has 110 valence electrons. The number of benzene rings is 1. The molecule has 8 nitrogen and oxygen atoms in total. The van der Waals surface area contributed by atoms with Crippen molar-refractivity contribution in [2.75, 3.05) is 11.9 Å². The Balaban J connectivity index is 1.93. The number of urea groups is 1. The highest BCUT2D eigenvalue weighted by molar-refractivity contribution is 6.31. The van der Waals surface area contributed by atoms with Crippen molar-refractivity contribution in [1.82, 2.24) is 15.5 Å². The Morgan fingerprint density at radius 1 is 1.38 bits per heavy atom. The Hall–Kier alpha value is -2.61. The maximum atomic E-state index is 11.7. The number of carbonyl (C=O) groups is 2. The molecular formula is C12H11ClN4O4. The van der Waals surface area contributed by atoms with Crippen molar-refractivity contribution in [1.29, 1.82) is 0 Å². The van der Waals surface area contributed by atoms with Crippen LogP contribution in [0.15, 0.2) is 29.1 Å². The molecule has 2 aromatic rings. The fourth-order valence-electron chi connectivity index (χ4n) is 1.56. The van der Waals surface area contributed by atoms with Crippen LogP contribution in [0.1, 0.15) is 16.2 Å². The average Bonchev–Trinajstić information content (AvgIpc) is 2.91. The third-order valence-electron chi connectivity index (χ3n) is 2.50. The second-order valence-electron chi connectivity index (χ2n) is 3.97. The van der Waals surface area contributed by atoms with Gasteiger partial charge < -0.3 is 20.3 Å². The molecule has 2 rings (SSSR count). The van der Waals surface area contributed by atoms with Crippen molar-refractivity contribution < 1.29 is 19.2 Å². The van der Waals surface area contributed by atoms with Crippen LogP contribution < -0.4 is 10.6 Å². The van der Waals surface area contributed by atoms with E-state index in [0.717, 1.165) is 0 Å². The number of carboxylic acid groups (broad SMARTS) is 1. The van der Waals surface area contributed by atoms with Gasteiger partial charge in [0, 0.05) is 18.0 Å². The van der Waals surface area contributed by atoms with Gasteiger partial charge >= 0.3 is 12.0 Å². The molecule has 0 bridgehead atoms. The van der Waals surface area contributed by atoms with Crippen LogP contribution in [0.2, 0.25) is 5.02 Å². The van der Waals surface area contributed by atoms with E-state index in [9.17, 15) is 9.59 Å². The van der Waals surface area contributed by atoms with Gasteiger partial charge in [0.05, 0.1) is 11.3 Å². The lowest BCUT2D eigenvalue weighted by atomic mass is 10.2. The highest BCUT2D eigenvalue weighted by atomic mass is 35.5. The first-order chi connectivity index (χ1) is 10.1. The normalized spacial score (nSPS) is 10.1. The first-order valence-corrected chi connectivity index (χ1v) is 6.27. The number of aromatic nitrogens is 2. The van der Waals surface area contributed by atoms with E-state index in [1.54, 1.807) is 0 Å².